The minimum absolute atomic E-state index is 0.0338. The monoisotopic (exact) mass is 284 g/mol. The molecule has 0 radical (unpaired) electrons. The maximum Gasteiger partial charge on any atom is 0.123 e. The van der Waals surface area contributed by atoms with Crippen LogP contribution in [0.4, 0.5) is 4.39 Å². The molecule has 21 heavy (non-hydrogen) atoms. The fraction of sp³-hybridized carbons (Fsp3) is 0.333. The SMILES string of the molecule is CC1(c2ccccc2)CNCCN1Cc1ccc(F)cc1. The van der Waals surface area contributed by atoms with Gasteiger partial charge in [-0.3, -0.25) is 4.90 Å². The predicted molar refractivity (Wildman–Crippen MR) is 83.5 cm³/mol. The Bertz CT molecular complexity index is 582. The van der Waals surface area contributed by atoms with Crippen molar-refractivity contribution in [3.8, 4) is 0 Å². The zero-order valence-electron chi connectivity index (χ0n) is 12.3. The lowest BCUT2D eigenvalue weighted by Gasteiger charge is -2.45. The molecule has 0 amide bonds. The number of benzene rings is 2. The summed E-state index contributed by atoms with van der Waals surface area (Å²) in [5.74, 6) is -0.176. The summed E-state index contributed by atoms with van der Waals surface area (Å²) in [5, 5.41) is 3.50. The average Bonchev–Trinajstić information content (AvgIpc) is 2.53. The number of nitrogens with zero attached hydrogens (tertiary/aromatic N) is 1. The van der Waals surface area contributed by atoms with E-state index in [1.54, 1.807) is 0 Å². The molecule has 1 saturated heterocycles. The predicted octanol–water partition coefficient (Wildman–Crippen LogP) is 3.15. The highest BCUT2D eigenvalue weighted by Gasteiger charge is 2.35. The van der Waals surface area contributed by atoms with E-state index in [-0.39, 0.29) is 11.4 Å². The number of piperazine rings is 1. The van der Waals surface area contributed by atoms with Crippen LogP contribution in [-0.4, -0.2) is 24.5 Å². The molecule has 1 heterocycles. The smallest absolute Gasteiger partial charge is 0.123 e. The highest BCUT2D eigenvalue weighted by molar-refractivity contribution is 5.26. The van der Waals surface area contributed by atoms with Gasteiger partial charge in [-0.2, -0.15) is 0 Å². The standard InChI is InChI=1S/C18H21FN2/c1-18(16-5-3-2-4-6-16)14-20-11-12-21(18)13-15-7-9-17(19)10-8-15/h2-10,20H,11-14H2,1H3. The first-order valence-electron chi connectivity index (χ1n) is 7.44. The van der Waals surface area contributed by atoms with Gasteiger partial charge in [0.2, 0.25) is 0 Å². The van der Waals surface area contributed by atoms with Crippen molar-refractivity contribution in [2.24, 2.45) is 0 Å². The molecule has 0 aromatic heterocycles. The highest BCUT2D eigenvalue weighted by atomic mass is 19.1. The van der Waals surface area contributed by atoms with Crippen molar-refractivity contribution in [3.63, 3.8) is 0 Å². The second kappa shape index (κ2) is 5.96. The lowest BCUT2D eigenvalue weighted by Crippen LogP contribution is -2.56. The largest absolute Gasteiger partial charge is 0.313 e. The van der Waals surface area contributed by atoms with Crippen molar-refractivity contribution in [1.82, 2.24) is 10.2 Å². The fourth-order valence-electron chi connectivity index (χ4n) is 3.05. The van der Waals surface area contributed by atoms with E-state index in [0.717, 1.165) is 31.7 Å². The van der Waals surface area contributed by atoms with Crippen molar-refractivity contribution in [3.05, 3.63) is 71.5 Å². The minimum Gasteiger partial charge on any atom is -0.313 e. The van der Waals surface area contributed by atoms with Crippen molar-refractivity contribution in [1.29, 1.82) is 0 Å². The maximum absolute atomic E-state index is 13.1. The summed E-state index contributed by atoms with van der Waals surface area (Å²) in [4.78, 5) is 2.48. The number of hydrogen-bond acceptors (Lipinski definition) is 2. The van der Waals surface area contributed by atoms with Crippen LogP contribution in [0.3, 0.4) is 0 Å². The van der Waals surface area contributed by atoms with Gasteiger partial charge in [0.15, 0.2) is 0 Å². The van der Waals surface area contributed by atoms with E-state index in [2.05, 4.69) is 41.4 Å². The van der Waals surface area contributed by atoms with Crippen molar-refractivity contribution >= 4 is 0 Å². The summed E-state index contributed by atoms with van der Waals surface area (Å²) in [7, 11) is 0. The summed E-state index contributed by atoms with van der Waals surface area (Å²) >= 11 is 0. The first-order chi connectivity index (χ1) is 10.2. The third kappa shape index (κ3) is 2.99. The molecule has 0 spiro atoms. The van der Waals surface area contributed by atoms with Crippen LogP contribution in [-0.2, 0) is 12.1 Å². The molecule has 1 unspecified atom stereocenters. The molecule has 2 aromatic rings. The van der Waals surface area contributed by atoms with Gasteiger partial charge in [0, 0.05) is 26.2 Å². The third-order valence-electron chi connectivity index (χ3n) is 4.41. The Morgan fingerprint density at radius 2 is 1.81 bits per heavy atom. The molecule has 2 aromatic carbocycles. The number of halogens is 1. The zero-order chi connectivity index (χ0) is 14.7. The Balaban J connectivity index is 1.86. The molecule has 0 bridgehead atoms. The summed E-state index contributed by atoms with van der Waals surface area (Å²) < 4.78 is 13.1. The van der Waals surface area contributed by atoms with Crippen LogP contribution >= 0.6 is 0 Å². The maximum atomic E-state index is 13.1. The van der Waals surface area contributed by atoms with Crippen LogP contribution in [0.1, 0.15) is 18.1 Å². The molecule has 2 nitrogen and oxygen atoms in total. The Kier molecular flexibility index (Phi) is 4.04. The van der Waals surface area contributed by atoms with E-state index in [1.165, 1.54) is 17.7 Å². The summed E-state index contributed by atoms with van der Waals surface area (Å²) in [5.41, 5.74) is 2.44. The molecule has 3 heteroatoms. The molecular weight excluding hydrogens is 263 g/mol. The van der Waals surface area contributed by atoms with E-state index in [0.29, 0.717) is 0 Å². The summed E-state index contributed by atoms with van der Waals surface area (Å²) in [6.07, 6.45) is 0. The van der Waals surface area contributed by atoms with E-state index in [4.69, 9.17) is 0 Å². The number of rotatable bonds is 3. The summed E-state index contributed by atoms with van der Waals surface area (Å²) in [6.45, 7) is 6.02. The van der Waals surface area contributed by atoms with Crippen LogP contribution in [0.15, 0.2) is 54.6 Å². The number of hydrogen-bond donors (Lipinski definition) is 1. The summed E-state index contributed by atoms with van der Waals surface area (Å²) in [6, 6.07) is 17.4. The normalized spacial score (nSPS) is 23.1. The van der Waals surface area contributed by atoms with Gasteiger partial charge in [-0.1, -0.05) is 42.5 Å². The molecule has 1 atom stereocenters. The van der Waals surface area contributed by atoms with Gasteiger partial charge in [0.1, 0.15) is 5.82 Å². The van der Waals surface area contributed by atoms with Gasteiger partial charge in [-0.05, 0) is 30.2 Å². The zero-order valence-corrected chi connectivity index (χ0v) is 12.3. The second-order valence-electron chi connectivity index (χ2n) is 5.86. The van der Waals surface area contributed by atoms with Crippen LogP contribution in [0, 0.1) is 5.82 Å². The van der Waals surface area contributed by atoms with E-state index in [1.807, 2.05) is 18.2 Å². The Labute approximate surface area is 125 Å². The van der Waals surface area contributed by atoms with Crippen LogP contribution < -0.4 is 5.32 Å². The molecule has 1 N–H and O–H groups in total. The van der Waals surface area contributed by atoms with Crippen LogP contribution in [0.25, 0.3) is 0 Å². The highest BCUT2D eigenvalue weighted by Crippen LogP contribution is 2.30. The van der Waals surface area contributed by atoms with Gasteiger partial charge in [0.05, 0.1) is 5.54 Å². The number of nitrogens with one attached hydrogen (secondary N) is 1. The van der Waals surface area contributed by atoms with Gasteiger partial charge in [0.25, 0.3) is 0 Å². The molecule has 0 aliphatic carbocycles. The van der Waals surface area contributed by atoms with E-state index < -0.39 is 0 Å². The molecule has 0 saturated carbocycles. The average molecular weight is 284 g/mol. The molecule has 3 rings (SSSR count). The molecular formula is C18H21FN2. The van der Waals surface area contributed by atoms with Gasteiger partial charge in [-0.25, -0.2) is 4.39 Å². The lowest BCUT2D eigenvalue weighted by atomic mass is 9.88. The first kappa shape index (κ1) is 14.2. The van der Waals surface area contributed by atoms with Gasteiger partial charge < -0.3 is 5.32 Å². The van der Waals surface area contributed by atoms with Crippen molar-refractivity contribution in [2.45, 2.75) is 19.0 Å². The Morgan fingerprint density at radius 3 is 2.52 bits per heavy atom. The first-order valence-corrected chi connectivity index (χ1v) is 7.44. The van der Waals surface area contributed by atoms with Crippen molar-refractivity contribution in [2.75, 3.05) is 19.6 Å². The Morgan fingerprint density at radius 1 is 1.10 bits per heavy atom. The molecule has 110 valence electrons. The van der Waals surface area contributed by atoms with Crippen LogP contribution in [0.5, 0.6) is 0 Å². The lowest BCUT2D eigenvalue weighted by molar-refractivity contribution is 0.0650. The van der Waals surface area contributed by atoms with E-state index >= 15 is 0 Å². The van der Waals surface area contributed by atoms with Gasteiger partial charge >= 0.3 is 0 Å². The van der Waals surface area contributed by atoms with E-state index in [9.17, 15) is 4.39 Å². The molecule has 1 aliphatic heterocycles. The fourth-order valence-corrected chi connectivity index (χ4v) is 3.05. The topological polar surface area (TPSA) is 15.3 Å². The quantitative estimate of drug-likeness (QED) is 0.931. The molecule has 1 aliphatic rings. The second-order valence-corrected chi connectivity index (χ2v) is 5.86. The Hall–Kier alpha value is -1.71. The van der Waals surface area contributed by atoms with Gasteiger partial charge in [-0.15, -0.1) is 0 Å². The minimum atomic E-state index is -0.176. The van der Waals surface area contributed by atoms with Crippen molar-refractivity contribution < 1.29 is 4.39 Å². The van der Waals surface area contributed by atoms with Crippen LogP contribution in [0.2, 0.25) is 0 Å². The third-order valence-corrected chi connectivity index (χ3v) is 4.41. The molecule has 1 fully saturated rings.